The van der Waals surface area contributed by atoms with Gasteiger partial charge in [0.05, 0.1) is 36.7 Å². The minimum atomic E-state index is -0.631. The van der Waals surface area contributed by atoms with Gasteiger partial charge in [-0.1, -0.05) is 19.1 Å². The molecule has 4 atom stereocenters. The SMILES string of the molecule is COc1cc(C(=O)N2C[C@H]3C[C@@H](n4cc(CC(C)C)nn4)[C@H](OC)C[C@H]3C2)c(F)cn1. The fraction of sp³-hybridized carbons (Fsp3) is 0.636. The molecule has 4 rings (SSSR count). The van der Waals surface area contributed by atoms with E-state index in [1.54, 1.807) is 12.0 Å². The molecule has 1 saturated carbocycles. The smallest absolute Gasteiger partial charge is 0.257 e. The molecule has 3 heterocycles. The van der Waals surface area contributed by atoms with Gasteiger partial charge in [0.2, 0.25) is 5.88 Å². The summed E-state index contributed by atoms with van der Waals surface area (Å²) in [5.41, 5.74) is 0.984. The predicted octanol–water partition coefficient (Wildman–Crippen LogP) is 2.76. The van der Waals surface area contributed by atoms with Gasteiger partial charge in [-0.25, -0.2) is 14.1 Å². The van der Waals surface area contributed by atoms with Crippen molar-refractivity contribution in [1.82, 2.24) is 24.9 Å². The zero-order valence-electron chi connectivity index (χ0n) is 18.5. The number of likely N-dealkylation sites (tertiary alicyclic amines) is 1. The lowest BCUT2D eigenvalue weighted by molar-refractivity contribution is -0.00546. The highest BCUT2D eigenvalue weighted by molar-refractivity contribution is 5.95. The van der Waals surface area contributed by atoms with Gasteiger partial charge in [0, 0.05) is 32.5 Å². The second kappa shape index (κ2) is 8.90. The molecule has 0 spiro atoms. The molecule has 0 bridgehead atoms. The lowest BCUT2D eigenvalue weighted by atomic mass is 9.77. The van der Waals surface area contributed by atoms with Crippen molar-refractivity contribution in [2.45, 2.75) is 45.3 Å². The first-order chi connectivity index (χ1) is 14.9. The van der Waals surface area contributed by atoms with Crippen LogP contribution >= 0.6 is 0 Å². The number of carbonyl (C=O) groups excluding carboxylic acids is 1. The van der Waals surface area contributed by atoms with Gasteiger partial charge in [0.1, 0.15) is 0 Å². The van der Waals surface area contributed by atoms with Gasteiger partial charge in [0.25, 0.3) is 5.91 Å². The van der Waals surface area contributed by atoms with Crippen LogP contribution in [0.25, 0.3) is 0 Å². The number of nitrogens with zero attached hydrogens (tertiary/aromatic N) is 5. The van der Waals surface area contributed by atoms with Gasteiger partial charge in [-0.15, -0.1) is 5.10 Å². The van der Waals surface area contributed by atoms with Crippen molar-refractivity contribution >= 4 is 5.91 Å². The Hall–Kier alpha value is -2.55. The minimum Gasteiger partial charge on any atom is -0.481 e. The summed E-state index contributed by atoms with van der Waals surface area (Å²) in [6.07, 6.45) is 5.62. The second-order valence-corrected chi connectivity index (χ2v) is 9.04. The first kappa shape index (κ1) is 21.7. The lowest BCUT2D eigenvalue weighted by Crippen LogP contribution is -2.37. The van der Waals surface area contributed by atoms with E-state index in [-0.39, 0.29) is 29.5 Å². The van der Waals surface area contributed by atoms with Gasteiger partial charge >= 0.3 is 0 Å². The highest BCUT2D eigenvalue weighted by Crippen LogP contribution is 2.42. The summed E-state index contributed by atoms with van der Waals surface area (Å²) in [4.78, 5) is 18.6. The fourth-order valence-corrected chi connectivity index (χ4v) is 4.94. The summed E-state index contributed by atoms with van der Waals surface area (Å²) in [6, 6.07) is 1.44. The first-order valence-electron chi connectivity index (χ1n) is 10.8. The monoisotopic (exact) mass is 431 g/mol. The molecular formula is C22H30FN5O3. The first-order valence-corrected chi connectivity index (χ1v) is 10.8. The molecule has 1 saturated heterocycles. The van der Waals surface area contributed by atoms with Crippen molar-refractivity contribution in [1.29, 1.82) is 0 Å². The highest BCUT2D eigenvalue weighted by atomic mass is 19.1. The summed E-state index contributed by atoms with van der Waals surface area (Å²) in [6.45, 7) is 5.51. The molecule has 1 aliphatic heterocycles. The lowest BCUT2D eigenvalue weighted by Gasteiger charge is -2.36. The van der Waals surface area contributed by atoms with Crippen molar-refractivity contribution in [3.8, 4) is 5.88 Å². The normalized spacial score (nSPS) is 25.7. The summed E-state index contributed by atoms with van der Waals surface area (Å²) in [7, 11) is 3.17. The molecule has 9 heteroatoms. The van der Waals surface area contributed by atoms with Crippen molar-refractivity contribution in [2.75, 3.05) is 27.3 Å². The average Bonchev–Trinajstić information content (AvgIpc) is 3.38. The predicted molar refractivity (Wildman–Crippen MR) is 111 cm³/mol. The van der Waals surface area contributed by atoms with Gasteiger partial charge in [-0.05, 0) is 37.0 Å². The van der Waals surface area contributed by atoms with Crippen LogP contribution in [-0.2, 0) is 11.2 Å². The Labute approximate surface area is 181 Å². The van der Waals surface area contributed by atoms with Crippen molar-refractivity contribution in [3.05, 3.63) is 35.5 Å². The Kier molecular flexibility index (Phi) is 6.22. The third-order valence-corrected chi connectivity index (χ3v) is 6.46. The Morgan fingerprint density at radius 1 is 1.26 bits per heavy atom. The van der Waals surface area contributed by atoms with Gasteiger partial charge in [0.15, 0.2) is 5.82 Å². The van der Waals surface area contributed by atoms with Crippen LogP contribution in [-0.4, -0.2) is 64.2 Å². The number of carbonyl (C=O) groups is 1. The molecule has 0 aromatic carbocycles. The zero-order chi connectivity index (χ0) is 22.1. The Balaban J connectivity index is 1.49. The maximum absolute atomic E-state index is 14.3. The number of aromatic nitrogens is 4. The molecule has 2 aliphatic rings. The molecule has 2 fully saturated rings. The van der Waals surface area contributed by atoms with Crippen LogP contribution < -0.4 is 4.74 Å². The summed E-state index contributed by atoms with van der Waals surface area (Å²) in [5, 5.41) is 8.70. The van der Waals surface area contributed by atoms with Crippen LogP contribution in [0.2, 0.25) is 0 Å². The van der Waals surface area contributed by atoms with Crippen molar-refractivity contribution in [3.63, 3.8) is 0 Å². The van der Waals surface area contributed by atoms with E-state index in [0.717, 1.165) is 31.2 Å². The van der Waals surface area contributed by atoms with E-state index >= 15 is 0 Å². The molecule has 0 unspecified atom stereocenters. The molecule has 2 aromatic heterocycles. The second-order valence-electron chi connectivity index (χ2n) is 9.04. The van der Waals surface area contributed by atoms with E-state index in [9.17, 15) is 9.18 Å². The van der Waals surface area contributed by atoms with E-state index in [4.69, 9.17) is 9.47 Å². The summed E-state index contributed by atoms with van der Waals surface area (Å²) >= 11 is 0. The number of methoxy groups -OCH3 is 2. The van der Waals surface area contributed by atoms with E-state index in [2.05, 4.69) is 29.1 Å². The number of halogens is 1. The van der Waals surface area contributed by atoms with Crippen LogP contribution in [0.3, 0.4) is 0 Å². The number of rotatable bonds is 6. The molecule has 8 nitrogen and oxygen atoms in total. The van der Waals surface area contributed by atoms with Crippen LogP contribution in [0, 0.1) is 23.6 Å². The number of pyridine rings is 1. The van der Waals surface area contributed by atoms with Gasteiger partial charge in [-0.2, -0.15) is 0 Å². The van der Waals surface area contributed by atoms with Crippen LogP contribution in [0.4, 0.5) is 4.39 Å². The maximum atomic E-state index is 14.3. The van der Waals surface area contributed by atoms with Crippen molar-refractivity contribution in [2.24, 2.45) is 17.8 Å². The molecule has 0 radical (unpaired) electrons. The standard InChI is InChI=1S/C22H30FN5O3/c1-13(2)5-16-12-28(26-25-16)19-6-14-10-27(11-15(14)7-20(19)30-3)22(29)17-8-21(31-4)24-9-18(17)23/h8-9,12-15,19-20H,5-7,10-11H2,1-4H3/t14-,15+,19-,20-/m1/s1. The summed E-state index contributed by atoms with van der Waals surface area (Å²) < 4.78 is 27.1. The van der Waals surface area contributed by atoms with E-state index in [1.807, 2.05) is 10.9 Å². The molecular weight excluding hydrogens is 401 g/mol. The summed E-state index contributed by atoms with van der Waals surface area (Å²) in [5.74, 6) is 0.414. The largest absolute Gasteiger partial charge is 0.481 e. The van der Waals surface area contributed by atoms with Crippen LogP contribution in [0.5, 0.6) is 5.88 Å². The topological polar surface area (TPSA) is 82.4 Å². The van der Waals surface area contributed by atoms with Gasteiger partial charge < -0.3 is 14.4 Å². The quantitative estimate of drug-likeness (QED) is 0.700. The van der Waals surface area contributed by atoms with Crippen LogP contribution in [0.15, 0.2) is 18.5 Å². The fourth-order valence-electron chi connectivity index (χ4n) is 4.94. The zero-order valence-corrected chi connectivity index (χ0v) is 18.5. The number of hydrogen-bond donors (Lipinski definition) is 0. The highest BCUT2D eigenvalue weighted by Gasteiger charge is 2.45. The number of ether oxygens (including phenoxy) is 2. The van der Waals surface area contributed by atoms with E-state index in [0.29, 0.717) is 30.8 Å². The van der Waals surface area contributed by atoms with E-state index in [1.165, 1.54) is 13.2 Å². The molecule has 2 aromatic rings. The third kappa shape index (κ3) is 4.42. The number of hydrogen-bond acceptors (Lipinski definition) is 6. The molecule has 1 aliphatic carbocycles. The Morgan fingerprint density at radius 2 is 2.00 bits per heavy atom. The molecule has 31 heavy (non-hydrogen) atoms. The van der Waals surface area contributed by atoms with Crippen LogP contribution in [0.1, 0.15) is 48.8 Å². The number of fused-ring (bicyclic) bond motifs is 1. The van der Waals surface area contributed by atoms with E-state index < -0.39 is 5.82 Å². The average molecular weight is 432 g/mol. The minimum absolute atomic E-state index is 0.0000537. The van der Waals surface area contributed by atoms with Crippen molar-refractivity contribution < 1.29 is 18.7 Å². The van der Waals surface area contributed by atoms with Gasteiger partial charge in [-0.3, -0.25) is 4.79 Å². The number of amides is 1. The maximum Gasteiger partial charge on any atom is 0.257 e. The third-order valence-electron chi connectivity index (χ3n) is 6.46. The molecule has 168 valence electrons. The Morgan fingerprint density at radius 3 is 2.68 bits per heavy atom. The molecule has 0 N–H and O–H groups in total. The molecule has 1 amide bonds. The Bertz CT molecular complexity index is 934.